The van der Waals surface area contributed by atoms with Gasteiger partial charge in [-0.1, -0.05) is 17.7 Å². The molecule has 2 aliphatic heterocycles. The highest BCUT2D eigenvalue weighted by molar-refractivity contribution is 7.87. The Morgan fingerprint density at radius 1 is 1.13 bits per heavy atom. The summed E-state index contributed by atoms with van der Waals surface area (Å²) in [6.45, 7) is 1.87. The molecule has 6 rings (SSSR count). The van der Waals surface area contributed by atoms with E-state index in [0.29, 0.717) is 46.0 Å². The Bertz CT molecular complexity index is 1730. The molecule has 0 radical (unpaired) electrons. The molecule has 1 amide bonds. The summed E-state index contributed by atoms with van der Waals surface area (Å²) in [6.07, 6.45) is 5.47. The number of rotatable bonds is 5. The van der Waals surface area contributed by atoms with E-state index in [1.54, 1.807) is 4.68 Å². The van der Waals surface area contributed by atoms with Crippen molar-refractivity contribution >= 4 is 55.8 Å². The van der Waals surface area contributed by atoms with E-state index in [4.69, 9.17) is 21.6 Å². The van der Waals surface area contributed by atoms with Crippen molar-refractivity contribution < 1.29 is 18.3 Å². The Labute approximate surface area is 230 Å². The smallest absolute Gasteiger partial charge is 0.404 e. The fourth-order valence-electron chi connectivity index (χ4n) is 6.07. The predicted octanol–water partition coefficient (Wildman–Crippen LogP) is 3.37. The van der Waals surface area contributed by atoms with E-state index in [2.05, 4.69) is 15.3 Å². The molecule has 0 saturated carbocycles. The number of aryl methyl sites for hydroxylation is 2. The monoisotopic (exact) mass is 572 g/mol. The van der Waals surface area contributed by atoms with Gasteiger partial charge in [0.25, 0.3) is 0 Å². The molecule has 1 aromatic carbocycles. The average molecular weight is 573 g/mol. The SMILES string of the molecule is Cc1nc2c(-c3ccc4nn(C)cc4c3Cl)cn(S(=O)(=O)N(C)C)c2nc1N1[C@@H]2CC[C@H]1CC(NC(=O)O)C2. The second-order valence-corrected chi connectivity index (χ2v) is 12.9. The van der Waals surface area contributed by atoms with Crippen LogP contribution >= 0.6 is 11.6 Å². The van der Waals surface area contributed by atoms with Gasteiger partial charge < -0.3 is 15.3 Å². The van der Waals surface area contributed by atoms with Crippen molar-refractivity contribution in [1.82, 2.24) is 33.3 Å². The first-order valence-corrected chi connectivity index (χ1v) is 14.5. The molecule has 3 atom stereocenters. The lowest BCUT2D eigenvalue weighted by molar-refractivity contribution is 0.185. The van der Waals surface area contributed by atoms with Gasteiger partial charge in [0.2, 0.25) is 0 Å². The van der Waals surface area contributed by atoms with Gasteiger partial charge in [-0.15, -0.1) is 0 Å². The number of amides is 1. The number of aromatic nitrogens is 5. The first-order chi connectivity index (χ1) is 18.5. The second kappa shape index (κ2) is 9.07. The van der Waals surface area contributed by atoms with Crippen LogP contribution in [0, 0.1) is 6.92 Å². The summed E-state index contributed by atoms with van der Waals surface area (Å²) in [5.41, 5.74) is 3.24. The zero-order valence-corrected chi connectivity index (χ0v) is 23.5. The van der Waals surface area contributed by atoms with Crippen LogP contribution in [0.3, 0.4) is 0 Å². The summed E-state index contributed by atoms with van der Waals surface area (Å²) in [5.74, 6) is 0.623. The number of carboxylic acid groups (broad SMARTS) is 1. The fourth-order valence-corrected chi connectivity index (χ4v) is 7.32. The van der Waals surface area contributed by atoms with Crippen LogP contribution in [-0.4, -0.2) is 79.9 Å². The number of halogens is 1. The maximum atomic E-state index is 13.4. The molecule has 206 valence electrons. The Morgan fingerprint density at radius 3 is 2.46 bits per heavy atom. The van der Waals surface area contributed by atoms with Crippen LogP contribution in [0.15, 0.2) is 24.5 Å². The van der Waals surface area contributed by atoms with E-state index in [-0.39, 0.29) is 23.8 Å². The van der Waals surface area contributed by atoms with Crippen molar-refractivity contribution in [3.8, 4) is 11.1 Å². The molecular weight excluding hydrogens is 544 g/mol. The Hall–Kier alpha value is -3.42. The van der Waals surface area contributed by atoms with E-state index in [1.165, 1.54) is 20.3 Å². The number of nitrogens with zero attached hydrogens (tertiary/aromatic N) is 7. The van der Waals surface area contributed by atoms with Crippen molar-refractivity contribution in [2.45, 2.75) is 50.7 Å². The Morgan fingerprint density at radius 2 is 1.82 bits per heavy atom. The molecule has 4 aromatic rings. The van der Waals surface area contributed by atoms with Gasteiger partial charge in [0, 0.05) is 68.2 Å². The molecule has 2 fully saturated rings. The minimum absolute atomic E-state index is 0.0850. The predicted molar refractivity (Wildman–Crippen MR) is 148 cm³/mol. The summed E-state index contributed by atoms with van der Waals surface area (Å²) < 4.78 is 30.9. The minimum Gasteiger partial charge on any atom is -0.465 e. The number of carbonyl (C=O) groups is 1. The maximum Gasteiger partial charge on any atom is 0.404 e. The molecular formula is C25H29ClN8O4S. The second-order valence-electron chi connectivity index (χ2n) is 10.5. The van der Waals surface area contributed by atoms with Crippen LogP contribution in [0.1, 0.15) is 31.4 Å². The van der Waals surface area contributed by atoms with Crippen LogP contribution in [-0.2, 0) is 17.3 Å². The lowest BCUT2D eigenvalue weighted by Crippen LogP contribution is -2.50. The molecule has 1 unspecified atom stereocenters. The molecule has 0 spiro atoms. The summed E-state index contributed by atoms with van der Waals surface area (Å²) >= 11 is 6.84. The highest BCUT2D eigenvalue weighted by Crippen LogP contribution is 2.42. The highest BCUT2D eigenvalue weighted by atomic mass is 35.5. The fraction of sp³-hybridized carbons (Fsp3) is 0.440. The number of piperidine rings is 1. The van der Waals surface area contributed by atoms with Crippen molar-refractivity contribution in [2.75, 3.05) is 19.0 Å². The molecule has 2 aliphatic rings. The van der Waals surface area contributed by atoms with Crippen LogP contribution in [0.4, 0.5) is 10.6 Å². The van der Waals surface area contributed by atoms with Gasteiger partial charge in [0.05, 0.1) is 16.2 Å². The first kappa shape index (κ1) is 25.8. The summed E-state index contributed by atoms with van der Waals surface area (Å²) in [5, 5.41) is 17.5. The van der Waals surface area contributed by atoms with Crippen LogP contribution < -0.4 is 10.2 Å². The van der Waals surface area contributed by atoms with E-state index in [1.807, 2.05) is 32.3 Å². The molecule has 5 heterocycles. The largest absolute Gasteiger partial charge is 0.465 e. The zero-order valence-electron chi connectivity index (χ0n) is 22.0. The van der Waals surface area contributed by atoms with Gasteiger partial charge in [-0.2, -0.15) is 17.8 Å². The van der Waals surface area contributed by atoms with Gasteiger partial charge in [-0.3, -0.25) is 4.68 Å². The Balaban J connectivity index is 1.53. The third kappa shape index (κ3) is 4.10. The van der Waals surface area contributed by atoms with Gasteiger partial charge in [0.1, 0.15) is 5.52 Å². The number of anilines is 1. The Kier molecular flexibility index (Phi) is 6.01. The van der Waals surface area contributed by atoms with Crippen LogP contribution in [0.25, 0.3) is 33.2 Å². The zero-order chi connectivity index (χ0) is 27.8. The number of nitrogens with one attached hydrogen (secondary N) is 1. The van der Waals surface area contributed by atoms with Gasteiger partial charge in [-0.05, 0) is 38.7 Å². The maximum absolute atomic E-state index is 13.4. The topological polar surface area (TPSA) is 138 Å². The minimum atomic E-state index is -3.94. The lowest BCUT2D eigenvalue weighted by atomic mass is 9.97. The standard InChI is InChI=1S/C25H29ClN8O4S/c1-13-23(34-15-5-6-16(34)10-14(9-15)28-25(35)36)29-24-22(27-13)18(12-33(24)39(37,38)31(2)3)17-7-8-20-19(21(17)26)11-32(4)30-20/h7-8,11-12,14-16,28H,5-6,9-10H2,1-4H3,(H,35,36)/t14?,15-,16+. The number of hydrogen-bond acceptors (Lipinski definition) is 7. The van der Waals surface area contributed by atoms with Gasteiger partial charge in [-0.25, -0.2) is 18.7 Å². The first-order valence-electron chi connectivity index (χ1n) is 12.7. The summed E-state index contributed by atoms with van der Waals surface area (Å²) in [6, 6.07) is 3.72. The van der Waals surface area contributed by atoms with Crippen molar-refractivity contribution in [3.05, 3.63) is 35.2 Å². The van der Waals surface area contributed by atoms with E-state index in [9.17, 15) is 18.3 Å². The van der Waals surface area contributed by atoms with Crippen LogP contribution in [0.5, 0.6) is 0 Å². The summed E-state index contributed by atoms with van der Waals surface area (Å²) in [4.78, 5) is 23.3. The number of fused-ring (bicyclic) bond motifs is 4. The number of hydrogen-bond donors (Lipinski definition) is 2. The molecule has 2 saturated heterocycles. The van der Waals surface area contributed by atoms with Crippen molar-refractivity contribution in [2.24, 2.45) is 7.05 Å². The average Bonchev–Trinajstić information content (AvgIpc) is 3.50. The molecule has 3 aromatic heterocycles. The van der Waals surface area contributed by atoms with Gasteiger partial charge >= 0.3 is 16.3 Å². The summed E-state index contributed by atoms with van der Waals surface area (Å²) in [7, 11) is 0.815. The third-order valence-corrected chi connectivity index (χ3v) is 9.89. The molecule has 2 bridgehead atoms. The highest BCUT2D eigenvalue weighted by Gasteiger charge is 2.43. The van der Waals surface area contributed by atoms with Crippen molar-refractivity contribution in [3.63, 3.8) is 0 Å². The normalized spacial score (nSPS) is 21.4. The molecule has 39 heavy (non-hydrogen) atoms. The molecule has 14 heteroatoms. The van der Waals surface area contributed by atoms with Gasteiger partial charge in [0.15, 0.2) is 11.5 Å². The van der Waals surface area contributed by atoms with Crippen LogP contribution in [0.2, 0.25) is 5.02 Å². The van der Waals surface area contributed by atoms with E-state index >= 15 is 0 Å². The van der Waals surface area contributed by atoms with Crippen molar-refractivity contribution in [1.29, 1.82) is 0 Å². The van der Waals surface area contributed by atoms with E-state index < -0.39 is 16.3 Å². The molecule has 0 aliphatic carbocycles. The molecule has 12 nitrogen and oxygen atoms in total. The number of benzene rings is 1. The quantitative estimate of drug-likeness (QED) is 0.371. The van der Waals surface area contributed by atoms with E-state index in [0.717, 1.165) is 32.0 Å². The molecule has 2 N–H and O–H groups in total. The third-order valence-electron chi connectivity index (χ3n) is 7.78. The lowest BCUT2D eigenvalue weighted by Gasteiger charge is -2.40.